The lowest BCUT2D eigenvalue weighted by atomic mass is 9.95. The summed E-state index contributed by atoms with van der Waals surface area (Å²) in [6.45, 7) is 5.84. The van der Waals surface area contributed by atoms with Gasteiger partial charge in [-0.2, -0.15) is 0 Å². The highest BCUT2D eigenvalue weighted by molar-refractivity contribution is 5.95. The fourth-order valence-corrected chi connectivity index (χ4v) is 3.79. The van der Waals surface area contributed by atoms with Gasteiger partial charge in [-0.1, -0.05) is 50.2 Å². The van der Waals surface area contributed by atoms with Crippen LogP contribution >= 0.6 is 0 Å². The normalized spacial score (nSPS) is 14.4. The summed E-state index contributed by atoms with van der Waals surface area (Å²) in [5, 5.41) is 8.66. The number of ether oxygens (including phenoxy) is 2. The summed E-state index contributed by atoms with van der Waals surface area (Å²) in [6.07, 6.45) is 0.880. The second kappa shape index (κ2) is 9.18. The van der Waals surface area contributed by atoms with Gasteiger partial charge in [-0.05, 0) is 46.5 Å². The van der Waals surface area contributed by atoms with Crippen LogP contribution in [0.4, 0.5) is 5.69 Å². The zero-order valence-electron chi connectivity index (χ0n) is 17.5. The van der Waals surface area contributed by atoms with E-state index in [1.54, 1.807) is 0 Å². The van der Waals surface area contributed by atoms with Crippen molar-refractivity contribution in [1.29, 1.82) is 0 Å². The summed E-state index contributed by atoms with van der Waals surface area (Å²) in [4.78, 5) is 12.6. The Morgan fingerprint density at radius 1 is 0.933 bits per heavy atom. The van der Waals surface area contributed by atoms with Crippen molar-refractivity contribution >= 4 is 22.4 Å². The minimum absolute atomic E-state index is 0.0320. The van der Waals surface area contributed by atoms with Gasteiger partial charge in [0, 0.05) is 18.2 Å². The lowest BCUT2D eigenvalue weighted by Crippen LogP contribution is -2.33. The summed E-state index contributed by atoms with van der Waals surface area (Å²) in [7, 11) is 0. The van der Waals surface area contributed by atoms with Crippen molar-refractivity contribution in [3.05, 3.63) is 66.2 Å². The monoisotopic (exact) mass is 404 g/mol. The van der Waals surface area contributed by atoms with Crippen LogP contribution in [0.2, 0.25) is 0 Å². The maximum atomic E-state index is 12.6. The van der Waals surface area contributed by atoms with E-state index in [1.165, 1.54) is 0 Å². The first-order valence-corrected chi connectivity index (χ1v) is 10.5. The van der Waals surface area contributed by atoms with Crippen LogP contribution in [0, 0.1) is 5.92 Å². The Kier molecular flexibility index (Phi) is 6.19. The number of amides is 1. The largest absolute Gasteiger partial charge is 0.490 e. The Labute approximate surface area is 177 Å². The third kappa shape index (κ3) is 4.74. The molecule has 1 amide bonds. The van der Waals surface area contributed by atoms with E-state index < -0.39 is 0 Å². The van der Waals surface area contributed by atoms with Gasteiger partial charge in [-0.3, -0.25) is 4.79 Å². The Balaban J connectivity index is 1.42. The van der Waals surface area contributed by atoms with Crippen molar-refractivity contribution in [2.75, 3.05) is 25.1 Å². The third-order valence-electron chi connectivity index (χ3n) is 5.31. The van der Waals surface area contributed by atoms with Gasteiger partial charge in [0.25, 0.3) is 0 Å². The fraction of sp³-hybridized carbons (Fsp3) is 0.320. The first-order valence-electron chi connectivity index (χ1n) is 10.5. The van der Waals surface area contributed by atoms with Crippen molar-refractivity contribution < 1.29 is 14.3 Å². The first-order chi connectivity index (χ1) is 14.6. The molecule has 0 saturated carbocycles. The quantitative estimate of drug-likeness (QED) is 0.612. The molecule has 3 aromatic carbocycles. The van der Waals surface area contributed by atoms with Crippen LogP contribution in [0.15, 0.2) is 60.7 Å². The highest BCUT2D eigenvalue weighted by Crippen LogP contribution is 2.34. The van der Waals surface area contributed by atoms with Crippen molar-refractivity contribution in [2.24, 2.45) is 5.92 Å². The number of carbonyl (C=O) groups excluding carboxylic acids is 1. The Bertz CT molecular complexity index is 1030. The second-order valence-electron chi connectivity index (χ2n) is 7.97. The summed E-state index contributed by atoms with van der Waals surface area (Å²) >= 11 is 0. The molecule has 0 unspecified atom stereocenters. The van der Waals surface area contributed by atoms with Gasteiger partial charge in [-0.15, -0.1) is 0 Å². The smallest absolute Gasteiger partial charge is 0.238 e. The summed E-state index contributed by atoms with van der Waals surface area (Å²) in [5.41, 5.74) is 1.89. The van der Waals surface area contributed by atoms with Gasteiger partial charge < -0.3 is 20.1 Å². The molecule has 0 bridgehead atoms. The molecular formula is C25H28N2O3. The summed E-state index contributed by atoms with van der Waals surface area (Å²) < 4.78 is 11.6. The van der Waals surface area contributed by atoms with Gasteiger partial charge in [0.2, 0.25) is 5.91 Å². The third-order valence-corrected chi connectivity index (χ3v) is 5.31. The molecule has 156 valence electrons. The van der Waals surface area contributed by atoms with Crippen LogP contribution in [0.3, 0.4) is 0 Å². The minimum Gasteiger partial charge on any atom is -0.490 e. The number of carbonyl (C=O) groups is 1. The first kappa shape index (κ1) is 20.2. The van der Waals surface area contributed by atoms with E-state index in [1.807, 2.05) is 54.6 Å². The van der Waals surface area contributed by atoms with Crippen LogP contribution < -0.4 is 20.1 Å². The average Bonchev–Trinajstić information content (AvgIpc) is 2.98. The minimum atomic E-state index is -0.0646. The molecular weight excluding hydrogens is 376 g/mol. The van der Waals surface area contributed by atoms with E-state index in [2.05, 4.69) is 30.5 Å². The molecule has 30 heavy (non-hydrogen) atoms. The van der Waals surface area contributed by atoms with Crippen LogP contribution in [-0.4, -0.2) is 25.7 Å². The maximum absolute atomic E-state index is 12.6. The molecule has 1 aliphatic heterocycles. The van der Waals surface area contributed by atoms with Crippen molar-refractivity contribution in [3.63, 3.8) is 0 Å². The molecule has 5 heteroatoms. The van der Waals surface area contributed by atoms with Crippen molar-refractivity contribution in [2.45, 2.75) is 26.3 Å². The predicted molar refractivity (Wildman–Crippen MR) is 120 cm³/mol. The Hall–Kier alpha value is -3.05. The van der Waals surface area contributed by atoms with Crippen LogP contribution in [0.5, 0.6) is 11.5 Å². The molecule has 0 saturated heterocycles. The molecule has 0 aromatic heterocycles. The SMILES string of the molecule is CC(C)[C@@H](NCC(=O)Nc1ccc2ccccc2c1)c1ccc2c(c1)OCCCO2. The number of nitrogens with one attached hydrogen (secondary N) is 2. The van der Waals surface area contributed by atoms with E-state index in [-0.39, 0.29) is 18.5 Å². The zero-order valence-corrected chi connectivity index (χ0v) is 17.5. The van der Waals surface area contributed by atoms with Crippen LogP contribution in [-0.2, 0) is 4.79 Å². The summed E-state index contributed by atoms with van der Waals surface area (Å²) in [6, 6.07) is 20.1. The summed E-state index contributed by atoms with van der Waals surface area (Å²) in [5.74, 6) is 1.80. The molecule has 2 N–H and O–H groups in total. The van der Waals surface area contributed by atoms with Crippen molar-refractivity contribution in [3.8, 4) is 11.5 Å². The van der Waals surface area contributed by atoms with Gasteiger partial charge in [0.05, 0.1) is 19.8 Å². The number of hydrogen-bond acceptors (Lipinski definition) is 4. The van der Waals surface area contributed by atoms with Gasteiger partial charge in [0.1, 0.15) is 0 Å². The molecule has 0 radical (unpaired) electrons. The Morgan fingerprint density at radius 3 is 2.50 bits per heavy atom. The van der Waals surface area contributed by atoms with Gasteiger partial charge in [0.15, 0.2) is 11.5 Å². The van der Waals surface area contributed by atoms with Crippen LogP contribution in [0.25, 0.3) is 10.8 Å². The number of benzene rings is 3. The van der Waals surface area contributed by atoms with Gasteiger partial charge >= 0.3 is 0 Å². The second-order valence-corrected chi connectivity index (χ2v) is 7.97. The maximum Gasteiger partial charge on any atom is 0.238 e. The molecule has 1 atom stereocenters. The zero-order chi connectivity index (χ0) is 20.9. The van der Waals surface area contributed by atoms with Gasteiger partial charge in [-0.25, -0.2) is 0 Å². The topological polar surface area (TPSA) is 59.6 Å². The molecule has 0 fully saturated rings. The van der Waals surface area contributed by atoms with Crippen molar-refractivity contribution in [1.82, 2.24) is 5.32 Å². The highest BCUT2D eigenvalue weighted by atomic mass is 16.5. The number of rotatable bonds is 6. The van der Waals surface area contributed by atoms with E-state index in [9.17, 15) is 4.79 Å². The standard InChI is InChI=1S/C25H28N2O3/c1-17(2)25(20-9-11-22-23(15-20)30-13-5-12-29-22)26-16-24(28)27-21-10-8-18-6-3-4-7-19(18)14-21/h3-4,6-11,14-15,17,25-26H,5,12-13,16H2,1-2H3,(H,27,28)/t25-/m1/s1. The highest BCUT2D eigenvalue weighted by Gasteiger charge is 2.20. The molecule has 1 aliphatic rings. The molecule has 5 nitrogen and oxygen atoms in total. The molecule has 0 aliphatic carbocycles. The Morgan fingerprint density at radius 2 is 1.70 bits per heavy atom. The van der Waals surface area contributed by atoms with Crippen LogP contribution in [0.1, 0.15) is 31.9 Å². The average molecular weight is 405 g/mol. The molecule has 1 heterocycles. The number of hydrogen-bond donors (Lipinski definition) is 2. The van der Waals surface area contributed by atoms with E-state index in [0.717, 1.165) is 39.9 Å². The van der Waals surface area contributed by atoms with E-state index in [0.29, 0.717) is 19.1 Å². The lowest BCUT2D eigenvalue weighted by Gasteiger charge is -2.23. The predicted octanol–water partition coefficient (Wildman–Crippen LogP) is 4.93. The number of anilines is 1. The fourth-order valence-electron chi connectivity index (χ4n) is 3.79. The van der Waals surface area contributed by atoms with E-state index in [4.69, 9.17) is 9.47 Å². The molecule has 4 rings (SSSR count). The molecule has 3 aromatic rings. The number of fused-ring (bicyclic) bond motifs is 2. The lowest BCUT2D eigenvalue weighted by molar-refractivity contribution is -0.115. The molecule has 0 spiro atoms. The van der Waals surface area contributed by atoms with E-state index >= 15 is 0 Å².